The molecule has 1 amide bonds. The van der Waals surface area contributed by atoms with Crippen LogP contribution in [0.4, 0.5) is 0 Å². The van der Waals surface area contributed by atoms with Crippen molar-refractivity contribution < 1.29 is 4.79 Å². The maximum atomic E-state index is 12.5. The molecule has 0 unspecified atom stereocenters. The van der Waals surface area contributed by atoms with Crippen LogP contribution in [0.2, 0.25) is 5.02 Å². The summed E-state index contributed by atoms with van der Waals surface area (Å²) in [5, 5.41) is 9.08. The van der Waals surface area contributed by atoms with Gasteiger partial charge in [-0.15, -0.1) is 11.3 Å². The van der Waals surface area contributed by atoms with E-state index in [4.69, 9.17) is 16.6 Å². The van der Waals surface area contributed by atoms with Crippen LogP contribution in [-0.2, 0) is 17.8 Å². The van der Waals surface area contributed by atoms with Crippen molar-refractivity contribution in [3.8, 4) is 11.3 Å². The molecule has 6 nitrogen and oxygen atoms in total. The number of aromatic nitrogens is 4. The fourth-order valence-corrected chi connectivity index (χ4v) is 4.73. The van der Waals surface area contributed by atoms with E-state index in [1.165, 1.54) is 0 Å². The number of halogens is 1. The lowest BCUT2D eigenvalue weighted by atomic mass is 10.1. The molecular weight excluding hydrogens is 430 g/mol. The summed E-state index contributed by atoms with van der Waals surface area (Å²) >= 11 is 7.58. The largest absolute Gasteiger partial charge is 0.350 e. The van der Waals surface area contributed by atoms with Crippen molar-refractivity contribution in [2.45, 2.75) is 47.1 Å². The normalized spacial score (nSPS) is 11.3. The third kappa shape index (κ3) is 4.62. The van der Waals surface area contributed by atoms with Gasteiger partial charge in [0.15, 0.2) is 5.65 Å². The molecule has 3 heterocycles. The number of rotatable bonds is 6. The zero-order valence-electron chi connectivity index (χ0n) is 18.0. The maximum Gasteiger partial charge on any atom is 0.220 e. The minimum absolute atomic E-state index is 0.00330. The Kier molecular flexibility index (Phi) is 6.07. The number of carbonyl (C=O) groups is 1. The second-order valence-electron chi connectivity index (χ2n) is 7.61. The van der Waals surface area contributed by atoms with Crippen molar-refractivity contribution in [2.75, 3.05) is 0 Å². The number of aryl methyl sites for hydroxylation is 4. The SMILES string of the molecule is Cc1cc2nc(C)c(CCC(=O)NCc3nc(-c4ccc(Cl)cc4)c(C)s3)c(C)n2n1. The average Bonchev–Trinajstić information content (AvgIpc) is 3.28. The second kappa shape index (κ2) is 8.77. The Morgan fingerprint density at radius 3 is 2.61 bits per heavy atom. The van der Waals surface area contributed by atoms with Gasteiger partial charge >= 0.3 is 0 Å². The fourth-order valence-electron chi connectivity index (χ4n) is 3.71. The predicted octanol–water partition coefficient (Wildman–Crippen LogP) is 4.99. The highest BCUT2D eigenvalue weighted by molar-refractivity contribution is 7.12. The highest BCUT2D eigenvalue weighted by Crippen LogP contribution is 2.28. The van der Waals surface area contributed by atoms with Crippen molar-refractivity contribution in [1.29, 1.82) is 0 Å². The van der Waals surface area contributed by atoms with Crippen LogP contribution in [0.5, 0.6) is 0 Å². The smallest absolute Gasteiger partial charge is 0.220 e. The summed E-state index contributed by atoms with van der Waals surface area (Å²) in [7, 11) is 0. The summed E-state index contributed by atoms with van der Waals surface area (Å²) in [6, 6.07) is 9.60. The number of nitrogens with one attached hydrogen (secondary N) is 1. The lowest BCUT2D eigenvalue weighted by Crippen LogP contribution is -2.23. The Labute approximate surface area is 190 Å². The Bertz CT molecular complexity index is 1260. The van der Waals surface area contributed by atoms with Crippen molar-refractivity contribution in [1.82, 2.24) is 24.9 Å². The Morgan fingerprint density at radius 1 is 1.13 bits per heavy atom. The highest BCUT2D eigenvalue weighted by Gasteiger charge is 2.14. The third-order valence-corrected chi connectivity index (χ3v) is 6.51. The molecule has 31 heavy (non-hydrogen) atoms. The van der Waals surface area contributed by atoms with Crippen molar-refractivity contribution >= 4 is 34.5 Å². The molecule has 3 aromatic heterocycles. The van der Waals surface area contributed by atoms with Crippen LogP contribution < -0.4 is 5.32 Å². The zero-order chi connectivity index (χ0) is 22.1. The van der Waals surface area contributed by atoms with Crippen LogP contribution in [-0.4, -0.2) is 25.5 Å². The van der Waals surface area contributed by atoms with Gasteiger partial charge in [0.1, 0.15) is 5.01 Å². The Hall–Kier alpha value is -2.77. The van der Waals surface area contributed by atoms with E-state index >= 15 is 0 Å². The van der Waals surface area contributed by atoms with E-state index in [0.29, 0.717) is 24.4 Å². The number of nitrogens with zero attached hydrogens (tertiary/aromatic N) is 4. The monoisotopic (exact) mass is 453 g/mol. The Morgan fingerprint density at radius 2 is 1.87 bits per heavy atom. The molecule has 0 fully saturated rings. The summed E-state index contributed by atoms with van der Waals surface area (Å²) in [6.45, 7) is 8.43. The van der Waals surface area contributed by atoms with E-state index < -0.39 is 0 Å². The number of hydrogen-bond donors (Lipinski definition) is 1. The van der Waals surface area contributed by atoms with Gasteiger partial charge in [0.2, 0.25) is 5.91 Å². The molecule has 0 aliphatic carbocycles. The maximum absolute atomic E-state index is 12.5. The minimum atomic E-state index is -0.00330. The van der Waals surface area contributed by atoms with E-state index in [1.807, 2.05) is 62.5 Å². The first kappa shape index (κ1) is 21.5. The van der Waals surface area contributed by atoms with Crippen LogP contribution >= 0.6 is 22.9 Å². The lowest BCUT2D eigenvalue weighted by Gasteiger charge is -2.11. The molecule has 0 spiro atoms. The van der Waals surface area contributed by atoms with E-state index in [-0.39, 0.29) is 5.91 Å². The fraction of sp³-hybridized carbons (Fsp3) is 0.304. The van der Waals surface area contributed by atoms with Crippen LogP contribution in [0, 0.1) is 27.7 Å². The molecule has 0 aliphatic heterocycles. The van der Waals surface area contributed by atoms with Crippen molar-refractivity contribution in [3.63, 3.8) is 0 Å². The molecule has 160 valence electrons. The molecule has 0 saturated heterocycles. The first-order valence-corrected chi connectivity index (χ1v) is 11.3. The van der Waals surface area contributed by atoms with Crippen molar-refractivity contribution in [2.24, 2.45) is 0 Å². The van der Waals surface area contributed by atoms with Gasteiger partial charge < -0.3 is 5.32 Å². The van der Waals surface area contributed by atoms with E-state index in [2.05, 4.69) is 15.4 Å². The molecule has 0 aliphatic rings. The third-order valence-electron chi connectivity index (χ3n) is 5.28. The molecule has 4 aromatic rings. The number of benzene rings is 1. The van der Waals surface area contributed by atoms with Gasteiger partial charge in [-0.3, -0.25) is 4.79 Å². The molecule has 0 radical (unpaired) electrons. The molecule has 8 heteroatoms. The molecule has 0 atom stereocenters. The number of amides is 1. The molecule has 4 rings (SSSR count). The standard InChI is InChI=1S/C23H24ClN5OS/c1-13-11-20-26-14(2)19(15(3)29(20)28-13)9-10-21(30)25-12-22-27-23(16(4)31-22)17-5-7-18(24)8-6-17/h5-8,11H,9-10,12H2,1-4H3,(H,25,30). The Balaban J connectivity index is 1.39. The lowest BCUT2D eigenvalue weighted by molar-refractivity contribution is -0.121. The molecule has 0 saturated carbocycles. The summed E-state index contributed by atoms with van der Waals surface area (Å²) in [4.78, 5) is 22.9. The molecule has 1 N–H and O–H groups in total. The van der Waals surface area contributed by atoms with Gasteiger partial charge in [0, 0.05) is 39.3 Å². The summed E-state index contributed by atoms with van der Waals surface area (Å²) in [5.74, 6) is -0.00330. The number of carbonyl (C=O) groups excluding carboxylic acids is 1. The predicted molar refractivity (Wildman–Crippen MR) is 125 cm³/mol. The average molecular weight is 454 g/mol. The minimum Gasteiger partial charge on any atom is -0.350 e. The van der Waals surface area contributed by atoms with Gasteiger partial charge in [-0.1, -0.05) is 23.7 Å². The van der Waals surface area contributed by atoms with Gasteiger partial charge in [-0.05, 0) is 51.8 Å². The van der Waals surface area contributed by atoms with Crippen LogP contribution in [0.25, 0.3) is 16.9 Å². The van der Waals surface area contributed by atoms with E-state index in [1.54, 1.807) is 11.3 Å². The summed E-state index contributed by atoms with van der Waals surface area (Å²) < 4.78 is 1.85. The second-order valence-corrected chi connectivity index (χ2v) is 9.34. The van der Waals surface area contributed by atoms with Crippen molar-refractivity contribution in [3.05, 3.63) is 67.9 Å². The molecule has 0 bridgehead atoms. The highest BCUT2D eigenvalue weighted by atomic mass is 35.5. The van der Waals surface area contributed by atoms with E-state index in [0.717, 1.165) is 49.4 Å². The van der Waals surface area contributed by atoms with Crippen LogP contribution in [0.3, 0.4) is 0 Å². The molecule has 1 aromatic carbocycles. The zero-order valence-corrected chi connectivity index (χ0v) is 19.6. The van der Waals surface area contributed by atoms with Crippen LogP contribution in [0.15, 0.2) is 30.3 Å². The number of thiazole rings is 1. The summed E-state index contributed by atoms with van der Waals surface area (Å²) in [5.41, 5.74) is 6.79. The first-order chi connectivity index (χ1) is 14.8. The topological polar surface area (TPSA) is 72.2 Å². The van der Waals surface area contributed by atoms with Gasteiger partial charge in [-0.25, -0.2) is 14.5 Å². The summed E-state index contributed by atoms with van der Waals surface area (Å²) in [6.07, 6.45) is 1.02. The van der Waals surface area contributed by atoms with Gasteiger partial charge in [0.25, 0.3) is 0 Å². The number of fused-ring (bicyclic) bond motifs is 1. The number of hydrogen-bond acceptors (Lipinski definition) is 5. The van der Waals surface area contributed by atoms with E-state index in [9.17, 15) is 4.79 Å². The van der Waals surface area contributed by atoms with Crippen LogP contribution in [0.1, 0.15) is 39.0 Å². The molecular formula is C23H24ClN5OS. The quantitative estimate of drug-likeness (QED) is 0.446. The van der Waals surface area contributed by atoms with Gasteiger partial charge in [-0.2, -0.15) is 5.10 Å². The van der Waals surface area contributed by atoms with Gasteiger partial charge in [0.05, 0.1) is 17.9 Å². The first-order valence-electron chi connectivity index (χ1n) is 10.1.